The molecule has 20 heavy (non-hydrogen) atoms. The fourth-order valence-electron chi connectivity index (χ4n) is 1.65. The number of benzene rings is 1. The number of rotatable bonds is 10. The fourth-order valence-corrected chi connectivity index (χ4v) is 1.65. The summed E-state index contributed by atoms with van der Waals surface area (Å²) in [5.41, 5.74) is 1.12. The second-order valence-electron chi connectivity index (χ2n) is 4.49. The van der Waals surface area contributed by atoms with Gasteiger partial charge in [0.25, 0.3) is 0 Å². The van der Waals surface area contributed by atoms with Gasteiger partial charge in [0.2, 0.25) is 5.91 Å². The minimum Gasteiger partial charge on any atom is -0.481 e. The van der Waals surface area contributed by atoms with Crippen LogP contribution in [-0.4, -0.2) is 30.1 Å². The van der Waals surface area contributed by atoms with Crippen molar-refractivity contribution < 1.29 is 19.4 Å². The number of nitrogens with one attached hydrogen (secondary N) is 1. The fraction of sp³-hybridized carbons (Fsp3) is 0.467. The molecule has 0 spiro atoms. The SMILES string of the molecule is O=C(O)CCCNC(=O)CCCOCc1ccccc1. The van der Waals surface area contributed by atoms with Crippen LogP contribution in [0.15, 0.2) is 30.3 Å². The Labute approximate surface area is 118 Å². The Morgan fingerprint density at radius 1 is 1.10 bits per heavy atom. The minimum atomic E-state index is -0.839. The molecule has 0 bridgehead atoms. The van der Waals surface area contributed by atoms with Crippen molar-refractivity contribution in [2.45, 2.75) is 32.3 Å². The lowest BCUT2D eigenvalue weighted by molar-refractivity contribution is -0.137. The molecular formula is C15H21NO4. The van der Waals surface area contributed by atoms with Crippen molar-refractivity contribution in [3.05, 3.63) is 35.9 Å². The Morgan fingerprint density at radius 3 is 2.55 bits per heavy atom. The summed E-state index contributed by atoms with van der Waals surface area (Å²) in [7, 11) is 0. The highest BCUT2D eigenvalue weighted by Gasteiger charge is 2.02. The van der Waals surface area contributed by atoms with Gasteiger partial charge in [0.1, 0.15) is 0 Å². The van der Waals surface area contributed by atoms with Gasteiger partial charge in [0.15, 0.2) is 0 Å². The third kappa shape index (κ3) is 8.26. The maximum atomic E-state index is 11.4. The molecule has 0 aromatic heterocycles. The van der Waals surface area contributed by atoms with Crippen molar-refractivity contribution in [3.8, 4) is 0 Å². The van der Waals surface area contributed by atoms with Gasteiger partial charge in [-0.1, -0.05) is 30.3 Å². The van der Waals surface area contributed by atoms with E-state index in [-0.39, 0.29) is 12.3 Å². The highest BCUT2D eigenvalue weighted by molar-refractivity contribution is 5.75. The molecule has 0 heterocycles. The number of carboxylic acids is 1. The smallest absolute Gasteiger partial charge is 0.303 e. The second kappa shape index (κ2) is 9.97. The average molecular weight is 279 g/mol. The van der Waals surface area contributed by atoms with E-state index in [4.69, 9.17) is 9.84 Å². The highest BCUT2D eigenvalue weighted by atomic mass is 16.5. The number of carboxylic acid groups (broad SMARTS) is 1. The summed E-state index contributed by atoms with van der Waals surface area (Å²) in [5.74, 6) is -0.896. The van der Waals surface area contributed by atoms with E-state index >= 15 is 0 Å². The first-order chi connectivity index (χ1) is 9.68. The van der Waals surface area contributed by atoms with Crippen molar-refractivity contribution in [1.29, 1.82) is 0 Å². The summed E-state index contributed by atoms with van der Waals surface area (Å²) >= 11 is 0. The van der Waals surface area contributed by atoms with Crippen molar-refractivity contribution >= 4 is 11.9 Å². The van der Waals surface area contributed by atoms with Gasteiger partial charge in [0, 0.05) is 26.0 Å². The lowest BCUT2D eigenvalue weighted by atomic mass is 10.2. The molecule has 0 saturated heterocycles. The first-order valence-electron chi connectivity index (χ1n) is 6.78. The van der Waals surface area contributed by atoms with Crippen LogP contribution < -0.4 is 5.32 Å². The molecule has 1 rings (SSSR count). The van der Waals surface area contributed by atoms with E-state index in [1.807, 2.05) is 30.3 Å². The third-order valence-electron chi connectivity index (χ3n) is 2.69. The average Bonchev–Trinajstić information content (AvgIpc) is 2.44. The summed E-state index contributed by atoms with van der Waals surface area (Å²) in [5, 5.41) is 11.1. The topological polar surface area (TPSA) is 75.6 Å². The quantitative estimate of drug-likeness (QED) is 0.642. The van der Waals surface area contributed by atoms with Crippen LogP contribution in [0, 0.1) is 0 Å². The standard InChI is InChI=1S/C15H21NO4/c17-14(16-10-4-9-15(18)19)8-5-11-20-12-13-6-2-1-3-7-13/h1-3,6-7H,4-5,8-12H2,(H,16,17)(H,18,19). The van der Waals surface area contributed by atoms with Crippen LogP contribution in [0.25, 0.3) is 0 Å². The second-order valence-corrected chi connectivity index (χ2v) is 4.49. The number of hydrogen-bond donors (Lipinski definition) is 2. The molecule has 5 nitrogen and oxygen atoms in total. The van der Waals surface area contributed by atoms with E-state index in [1.165, 1.54) is 0 Å². The van der Waals surface area contributed by atoms with Crippen LogP contribution in [0.3, 0.4) is 0 Å². The van der Waals surface area contributed by atoms with Gasteiger partial charge in [-0.15, -0.1) is 0 Å². The van der Waals surface area contributed by atoms with Crippen LogP contribution in [-0.2, 0) is 20.9 Å². The van der Waals surface area contributed by atoms with Crippen LogP contribution in [0.1, 0.15) is 31.2 Å². The maximum absolute atomic E-state index is 11.4. The lowest BCUT2D eigenvalue weighted by Crippen LogP contribution is -2.24. The van der Waals surface area contributed by atoms with Crippen molar-refractivity contribution in [3.63, 3.8) is 0 Å². The molecule has 1 amide bonds. The molecule has 0 aliphatic heterocycles. The van der Waals surface area contributed by atoms with Crippen LogP contribution >= 0.6 is 0 Å². The zero-order valence-electron chi connectivity index (χ0n) is 11.5. The Kier molecular flexibility index (Phi) is 8.07. The van der Waals surface area contributed by atoms with Crippen LogP contribution in [0.5, 0.6) is 0 Å². The van der Waals surface area contributed by atoms with Crippen molar-refractivity contribution in [1.82, 2.24) is 5.32 Å². The molecule has 1 aromatic rings. The molecule has 1 aromatic carbocycles. The van der Waals surface area contributed by atoms with E-state index < -0.39 is 5.97 Å². The van der Waals surface area contributed by atoms with Gasteiger partial charge in [0.05, 0.1) is 6.61 Å². The summed E-state index contributed by atoms with van der Waals surface area (Å²) in [6, 6.07) is 9.87. The van der Waals surface area contributed by atoms with Crippen molar-refractivity contribution in [2.24, 2.45) is 0 Å². The Morgan fingerprint density at radius 2 is 1.85 bits per heavy atom. The maximum Gasteiger partial charge on any atom is 0.303 e. The van der Waals surface area contributed by atoms with Crippen LogP contribution in [0.2, 0.25) is 0 Å². The Bertz CT molecular complexity index is 406. The monoisotopic (exact) mass is 279 g/mol. The van der Waals surface area contributed by atoms with Gasteiger partial charge in [-0.2, -0.15) is 0 Å². The normalized spacial score (nSPS) is 10.2. The number of carbonyl (C=O) groups is 2. The van der Waals surface area contributed by atoms with Crippen molar-refractivity contribution in [2.75, 3.05) is 13.2 Å². The summed E-state index contributed by atoms with van der Waals surface area (Å²) < 4.78 is 5.47. The Balaban J connectivity index is 1.95. The zero-order valence-corrected chi connectivity index (χ0v) is 11.5. The van der Waals surface area contributed by atoms with E-state index in [1.54, 1.807) is 0 Å². The molecule has 0 aliphatic rings. The highest BCUT2D eigenvalue weighted by Crippen LogP contribution is 2.01. The van der Waals surface area contributed by atoms with E-state index in [9.17, 15) is 9.59 Å². The lowest BCUT2D eigenvalue weighted by Gasteiger charge is -2.05. The minimum absolute atomic E-state index is 0.0568. The Hall–Kier alpha value is -1.88. The number of aliphatic carboxylic acids is 1. The number of ether oxygens (including phenoxy) is 1. The van der Waals surface area contributed by atoms with Gasteiger partial charge < -0.3 is 15.2 Å². The van der Waals surface area contributed by atoms with E-state index in [0.717, 1.165) is 5.56 Å². The molecule has 5 heteroatoms. The first-order valence-corrected chi connectivity index (χ1v) is 6.78. The predicted octanol–water partition coefficient (Wildman–Crippen LogP) is 1.96. The van der Waals surface area contributed by atoms with Crippen LogP contribution in [0.4, 0.5) is 0 Å². The molecule has 0 radical (unpaired) electrons. The van der Waals surface area contributed by atoms with E-state index in [0.29, 0.717) is 39.0 Å². The molecule has 0 fully saturated rings. The zero-order chi connectivity index (χ0) is 14.6. The number of carbonyl (C=O) groups excluding carboxylic acids is 1. The first kappa shape index (κ1) is 16.2. The predicted molar refractivity (Wildman–Crippen MR) is 75.2 cm³/mol. The molecule has 0 aliphatic carbocycles. The van der Waals surface area contributed by atoms with Gasteiger partial charge >= 0.3 is 5.97 Å². The largest absolute Gasteiger partial charge is 0.481 e. The molecular weight excluding hydrogens is 258 g/mol. The molecule has 0 saturated carbocycles. The molecule has 0 unspecified atom stereocenters. The molecule has 2 N–H and O–H groups in total. The third-order valence-corrected chi connectivity index (χ3v) is 2.69. The summed E-state index contributed by atoms with van der Waals surface area (Å²) in [6.45, 7) is 1.51. The number of hydrogen-bond acceptors (Lipinski definition) is 3. The molecule has 110 valence electrons. The van der Waals surface area contributed by atoms with Gasteiger partial charge in [-0.25, -0.2) is 0 Å². The summed E-state index contributed by atoms with van der Waals surface area (Å²) in [4.78, 5) is 21.7. The van der Waals surface area contributed by atoms with Gasteiger partial charge in [-0.05, 0) is 18.4 Å². The molecule has 0 atom stereocenters. The van der Waals surface area contributed by atoms with Gasteiger partial charge in [-0.3, -0.25) is 9.59 Å². The number of amides is 1. The van der Waals surface area contributed by atoms with E-state index in [2.05, 4.69) is 5.32 Å². The summed E-state index contributed by atoms with van der Waals surface area (Å²) in [6.07, 6.45) is 1.62.